The van der Waals surface area contributed by atoms with Gasteiger partial charge in [-0.1, -0.05) is 0 Å². The van der Waals surface area contributed by atoms with Crippen LogP contribution in [0.3, 0.4) is 0 Å². The van der Waals surface area contributed by atoms with Crippen LogP contribution < -0.4 is 9.64 Å². The van der Waals surface area contributed by atoms with Crippen molar-refractivity contribution in [3.63, 3.8) is 0 Å². The largest absolute Gasteiger partial charge is 0.497 e. The van der Waals surface area contributed by atoms with E-state index < -0.39 is 9.73 Å². The highest BCUT2D eigenvalue weighted by Crippen LogP contribution is 2.30. The van der Waals surface area contributed by atoms with Gasteiger partial charge in [0.15, 0.2) is 0 Å². The topological polar surface area (TPSA) is 79.2 Å². The number of hydrogen-bond donors (Lipinski definition) is 1. The smallest absolute Gasteiger partial charge is 0.139 e. The molecular formula is C17H24N4O2S. The van der Waals surface area contributed by atoms with Crippen molar-refractivity contribution in [1.82, 2.24) is 9.97 Å². The van der Waals surface area contributed by atoms with Crippen LogP contribution in [0.5, 0.6) is 5.75 Å². The highest BCUT2D eigenvalue weighted by molar-refractivity contribution is 7.91. The molecule has 7 heteroatoms. The maximum atomic E-state index is 11.5. The molecule has 1 aromatic heterocycles. The quantitative estimate of drug-likeness (QED) is 0.899. The van der Waals surface area contributed by atoms with Crippen molar-refractivity contribution in [2.24, 2.45) is 5.92 Å². The van der Waals surface area contributed by atoms with Gasteiger partial charge in [-0.05, 0) is 37.3 Å². The number of methoxy groups -OCH3 is 1. The first-order valence-corrected chi connectivity index (χ1v) is 10.3. The second-order valence-electron chi connectivity index (χ2n) is 6.51. The van der Waals surface area contributed by atoms with E-state index in [2.05, 4.69) is 14.9 Å². The first-order chi connectivity index (χ1) is 11.5. The minimum Gasteiger partial charge on any atom is -0.497 e. The number of anilines is 1. The lowest BCUT2D eigenvalue weighted by Gasteiger charge is -2.33. The van der Waals surface area contributed by atoms with Gasteiger partial charge in [0.1, 0.15) is 17.9 Å². The molecule has 3 rings (SSSR count). The second kappa shape index (κ2) is 6.93. The van der Waals surface area contributed by atoms with Gasteiger partial charge in [-0.15, -0.1) is 0 Å². The van der Waals surface area contributed by atoms with E-state index in [1.807, 2.05) is 18.2 Å². The Morgan fingerprint density at radius 1 is 1.33 bits per heavy atom. The van der Waals surface area contributed by atoms with Crippen molar-refractivity contribution < 1.29 is 8.95 Å². The van der Waals surface area contributed by atoms with E-state index in [4.69, 9.17) is 9.52 Å². The van der Waals surface area contributed by atoms with Crippen LogP contribution in [0.25, 0.3) is 10.9 Å². The van der Waals surface area contributed by atoms with Crippen molar-refractivity contribution in [1.29, 1.82) is 4.78 Å². The minimum absolute atomic E-state index is 0.508. The Hall–Kier alpha value is -1.89. The monoisotopic (exact) mass is 348 g/mol. The fraction of sp³-hybridized carbons (Fsp3) is 0.529. The first-order valence-electron chi connectivity index (χ1n) is 8.21. The predicted octanol–water partition coefficient (Wildman–Crippen LogP) is 2.92. The lowest BCUT2D eigenvalue weighted by atomic mass is 9.94. The molecule has 0 amide bonds. The summed E-state index contributed by atoms with van der Waals surface area (Å²) in [6, 6.07) is 5.88. The number of benzene rings is 1. The zero-order valence-corrected chi connectivity index (χ0v) is 15.0. The average Bonchev–Trinajstić information content (AvgIpc) is 2.59. The van der Waals surface area contributed by atoms with Gasteiger partial charge >= 0.3 is 0 Å². The van der Waals surface area contributed by atoms with Gasteiger partial charge in [0.2, 0.25) is 0 Å². The molecule has 1 fully saturated rings. The third-order valence-corrected chi connectivity index (χ3v) is 5.67. The normalized spacial score (nSPS) is 18.5. The lowest BCUT2D eigenvalue weighted by molar-refractivity contribution is 0.395. The van der Waals surface area contributed by atoms with Gasteiger partial charge in [-0.3, -0.25) is 8.99 Å². The van der Waals surface area contributed by atoms with Gasteiger partial charge in [0.05, 0.1) is 12.6 Å². The summed E-state index contributed by atoms with van der Waals surface area (Å²) in [7, 11) is -0.718. The molecule has 0 radical (unpaired) electrons. The van der Waals surface area contributed by atoms with Gasteiger partial charge < -0.3 is 9.64 Å². The average molecular weight is 348 g/mol. The van der Waals surface area contributed by atoms with Crippen molar-refractivity contribution in [2.45, 2.75) is 19.3 Å². The summed E-state index contributed by atoms with van der Waals surface area (Å²) in [5.41, 5.74) is 0.890. The molecular weight excluding hydrogens is 324 g/mol. The van der Waals surface area contributed by atoms with Gasteiger partial charge in [0.25, 0.3) is 0 Å². The van der Waals surface area contributed by atoms with Gasteiger partial charge in [-0.2, -0.15) is 0 Å². The van der Waals surface area contributed by atoms with E-state index >= 15 is 0 Å². The number of rotatable bonds is 5. The number of hydrogen-bond acceptors (Lipinski definition) is 6. The molecule has 2 heterocycles. The number of nitrogens with zero attached hydrogens (tertiary/aromatic N) is 3. The van der Waals surface area contributed by atoms with Gasteiger partial charge in [-0.25, -0.2) is 9.97 Å². The molecule has 2 aromatic rings. The molecule has 0 saturated carbocycles. The van der Waals surface area contributed by atoms with Crippen molar-refractivity contribution in [2.75, 3.05) is 37.1 Å². The molecule has 1 aliphatic rings. The van der Waals surface area contributed by atoms with E-state index in [1.165, 1.54) is 6.26 Å². The number of aromatic nitrogens is 2. The third-order valence-electron chi connectivity index (χ3n) is 4.65. The Bertz CT molecular complexity index is 814. The van der Waals surface area contributed by atoms with Crippen LogP contribution in [0, 0.1) is 10.7 Å². The molecule has 0 aliphatic carbocycles. The van der Waals surface area contributed by atoms with Crippen molar-refractivity contribution >= 4 is 26.4 Å². The number of ether oxygens (including phenoxy) is 1. The minimum atomic E-state index is -2.37. The zero-order valence-electron chi connectivity index (χ0n) is 14.2. The summed E-state index contributed by atoms with van der Waals surface area (Å²) in [6.07, 6.45) is 6.13. The molecule has 1 aromatic carbocycles. The lowest BCUT2D eigenvalue weighted by Crippen LogP contribution is -2.34. The third kappa shape index (κ3) is 3.95. The predicted molar refractivity (Wildman–Crippen MR) is 97.3 cm³/mol. The molecule has 1 unspecified atom stereocenters. The highest BCUT2D eigenvalue weighted by Gasteiger charge is 2.22. The Morgan fingerprint density at radius 3 is 2.75 bits per heavy atom. The summed E-state index contributed by atoms with van der Waals surface area (Å²) in [6.45, 7) is 1.87. The van der Waals surface area contributed by atoms with Crippen LogP contribution in [0.4, 0.5) is 5.82 Å². The van der Waals surface area contributed by atoms with Crippen LogP contribution in [0.2, 0.25) is 0 Å². The first kappa shape index (κ1) is 17.0. The second-order valence-corrected chi connectivity index (χ2v) is 8.93. The zero-order chi connectivity index (χ0) is 17.2. The fourth-order valence-electron chi connectivity index (χ4n) is 3.23. The van der Waals surface area contributed by atoms with Gasteiger partial charge in [0, 0.05) is 46.3 Å². The van der Waals surface area contributed by atoms with Crippen LogP contribution in [-0.4, -0.2) is 46.4 Å². The standard InChI is InChI=1S/C17H24N4O2S/c1-23-14-3-4-15-16(11-14)19-12-20-17(15)21-8-5-13(6-9-21)7-10-24(2,18)22/h3-4,11-13,18H,5-10H2,1-2H3. The summed E-state index contributed by atoms with van der Waals surface area (Å²) in [4.78, 5) is 11.1. The summed E-state index contributed by atoms with van der Waals surface area (Å²) < 4.78 is 24.3. The summed E-state index contributed by atoms with van der Waals surface area (Å²) >= 11 is 0. The molecule has 1 saturated heterocycles. The molecule has 130 valence electrons. The van der Waals surface area contributed by atoms with E-state index in [0.717, 1.165) is 54.8 Å². The number of nitrogens with one attached hydrogen (secondary N) is 1. The fourth-order valence-corrected chi connectivity index (χ4v) is 4.01. The maximum absolute atomic E-state index is 11.5. The maximum Gasteiger partial charge on any atom is 0.139 e. The Morgan fingerprint density at radius 2 is 2.08 bits per heavy atom. The Labute approximate surface area is 143 Å². The molecule has 1 aliphatic heterocycles. The highest BCUT2D eigenvalue weighted by atomic mass is 32.2. The SMILES string of the molecule is COc1ccc2c(N3CCC(CCS(C)(=N)=O)CC3)ncnc2c1. The summed E-state index contributed by atoms with van der Waals surface area (Å²) in [5, 5.41) is 1.04. The molecule has 24 heavy (non-hydrogen) atoms. The van der Waals surface area contributed by atoms with Crippen LogP contribution >= 0.6 is 0 Å². The van der Waals surface area contributed by atoms with E-state index in [-0.39, 0.29) is 0 Å². The van der Waals surface area contributed by atoms with Crippen molar-refractivity contribution in [3.8, 4) is 5.75 Å². The van der Waals surface area contributed by atoms with Crippen molar-refractivity contribution in [3.05, 3.63) is 24.5 Å². The van der Waals surface area contributed by atoms with Crippen LogP contribution in [0.15, 0.2) is 24.5 Å². The van der Waals surface area contributed by atoms with Crippen LogP contribution in [0.1, 0.15) is 19.3 Å². The van der Waals surface area contributed by atoms with E-state index in [0.29, 0.717) is 11.7 Å². The molecule has 0 bridgehead atoms. The number of piperidine rings is 1. The molecule has 1 N–H and O–H groups in total. The Balaban J connectivity index is 1.71. The molecule has 1 atom stereocenters. The van der Waals surface area contributed by atoms with E-state index in [1.54, 1.807) is 13.4 Å². The molecule has 6 nitrogen and oxygen atoms in total. The van der Waals surface area contributed by atoms with Crippen LogP contribution in [-0.2, 0) is 9.73 Å². The molecule has 0 spiro atoms. The Kier molecular flexibility index (Phi) is 4.89. The number of fused-ring (bicyclic) bond motifs is 1. The van der Waals surface area contributed by atoms with E-state index in [9.17, 15) is 4.21 Å². The summed E-state index contributed by atoms with van der Waals surface area (Å²) in [5.74, 6) is 2.83.